The number of likely N-dealkylation sites (N-methyl/N-ethyl adjacent to an activating group) is 2. The van der Waals surface area contributed by atoms with Crippen molar-refractivity contribution in [3.05, 3.63) is 28.2 Å². The summed E-state index contributed by atoms with van der Waals surface area (Å²) in [5.41, 5.74) is 2.84. The molecule has 1 atom stereocenters. The first-order valence-electron chi connectivity index (χ1n) is 5.38. The van der Waals surface area contributed by atoms with Gasteiger partial charge in [-0.3, -0.25) is 0 Å². The Labute approximate surface area is 99.8 Å². The number of nitrogens with one attached hydrogen (secondary N) is 1. The van der Waals surface area contributed by atoms with Crippen LogP contribution in [-0.4, -0.2) is 26.7 Å². The Balaban J connectivity index is 2.26. The number of hydrogen-bond donors (Lipinski definition) is 1. The van der Waals surface area contributed by atoms with Crippen LogP contribution in [0.15, 0.2) is 22.7 Å². The highest BCUT2D eigenvalue weighted by molar-refractivity contribution is 9.10. The summed E-state index contributed by atoms with van der Waals surface area (Å²) in [6.07, 6.45) is 2.42. The van der Waals surface area contributed by atoms with Gasteiger partial charge < -0.3 is 10.2 Å². The van der Waals surface area contributed by atoms with Gasteiger partial charge in [-0.1, -0.05) is 15.9 Å². The molecule has 1 heterocycles. The molecule has 0 amide bonds. The lowest BCUT2D eigenvalue weighted by molar-refractivity contribution is 0.530. The predicted octanol–water partition coefficient (Wildman–Crippen LogP) is 2.42. The van der Waals surface area contributed by atoms with E-state index in [9.17, 15) is 0 Å². The van der Waals surface area contributed by atoms with Gasteiger partial charge in [0, 0.05) is 29.8 Å². The zero-order chi connectivity index (χ0) is 10.8. The Morgan fingerprint density at radius 2 is 2.33 bits per heavy atom. The van der Waals surface area contributed by atoms with Crippen LogP contribution in [-0.2, 0) is 6.42 Å². The van der Waals surface area contributed by atoms with Crippen molar-refractivity contribution in [3.63, 3.8) is 0 Å². The molecular weight excluding hydrogens is 252 g/mol. The second-order valence-electron chi connectivity index (χ2n) is 4.13. The maximum atomic E-state index is 3.53. The molecule has 0 aromatic heterocycles. The van der Waals surface area contributed by atoms with E-state index < -0.39 is 0 Å². The number of hydrogen-bond acceptors (Lipinski definition) is 2. The van der Waals surface area contributed by atoms with Crippen molar-refractivity contribution in [3.8, 4) is 0 Å². The van der Waals surface area contributed by atoms with E-state index in [0.29, 0.717) is 6.04 Å². The lowest BCUT2D eigenvalue weighted by atomic mass is 9.96. The second kappa shape index (κ2) is 4.54. The van der Waals surface area contributed by atoms with Crippen LogP contribution in [0.3, 0.4) is 0 Å². The molecule has 0 saturated carbocycles. The molecule has 0 saturated heterocycles. The van der Waals surface area contributed by atoms with Gasteiger partial charge in [-0.05, 0) is 43.7 Å². The number of rotatable bonds is 2. The Morgan fingerprint density at radius 3 is 3.07 bits per heavy atom. The molecule has 82 valence electrons. The molecule has 2 rings (SSSR count). The van der Waals surface area contributed by atoms with Crippen LogP contribution >= 0.6 is 15.9 Å². The maximum Gasteiger partial charge on any atom is 0.0414 e. The fourth-order valence-corrected chi connectivity index (χ4v) is 2.69. The van der Waals surface area contributed by atoms with E-state index in [2.05, 4.69) is 51.4 Å². The number of benzene rings is 1. The molecule has 0 spiro atoms. The molecule has 1 aliphatic heterocycles. The lowest BCUT2D eigenvalue weighted by Crippen LogP contribution is -2.42. The molecule has 2 nitrogen and oxygen atoms in total. The third-order valence-electron chi connectivity index (χ3n) is 3.16. The van der Waals surface area contributed by atoms with Gasteiger partial charge in [0.05, 0.1) is 0 Å². The minimum Gasteiger partial charge on any atom is -0.370 e. The van der Waals surface area contributed by atoms with Gasteiger partial charge in [0.25, 0.3) is 0 Å². The van der Waals surface area contributed by atoms with E-state index in [4.69, 9.17) is 0 Å². The number of anilines is 1. The van der Waals surface area contributed by atoms with E-state index in [1.165, 1.54) is 28.6 Å². The summed E-state index contributed by atoms with van der Waals surface area (Å²) in [6.45, 7) is 1.06. The topological polar surface area (TPSA) is 15.3 Å². The summed E-state index contributed by atoms with van der Waals surface area (Å²) in [7, 11) is 4.21. The first kappa shape index (κ1) is 11.0. The number of halogens is 1. The van der Waals surface area contributed by atoms with Gasteiger partial charge in [-0.15, -0.1) is 0 Å². The minimum atomic E-state index is 0.628. The van der Waals surface area contributed by atoms with E-state index in [-0.39, 0.29) is 0 Å². The third kappa shape index (κ3) is 2.18. The predicted molar refractivity (Wildman–Crippen MR) is 68.6 cm³/mol. The molecule has 0 fully saturated rings. The van der Waals surface area contributed by atoms with E-state index in [1.54, 1.807) is 0 Å². The minimum absolute atomic E-state index is 0.628. The van der Waals surface area contributed by atoms with Crippen molar-refractivity contribution in [2.45, 2.75) is 18.9 Å². The van der Waals surface area contributed by atoms with Crippen molar-refractivity contribution in [2.24, 2.45) is 0 Å². The largest absolute Gasteiger partial charge is 0.370 e. The Kier molecular flexibility index (Phi) is 3.32. The summed E-state index contributed by atoms with van der Waals surface area (Å²) in [4.78, 5) is 2.39. The van der Waals surface area contributed by atoms with Gasteiger partial charge >= 0.3 is 0 Å². The molecule has 1 aromatic rings. The van der Waals surface area contributed by atoms with Crippen molar-refractivity contribution < 1.29 is 0 Å². The van der Waals surface area contributed by atoms with Crippen molar-refractivity contribution in [1.82, 2.24) is 5.32 Å². The molecule has 0 aliphatic carbocycles. The van der Waals surface area contributed by atoms with E-state index in [1.807, 2.05) is 7.05 Å². The molecule has 1 unspecified atom stereocenters. The number of nitrogens with zero attached hydrogens (tertiary/aromatic N) is 1. The Hall–Kier alpha value is -0.540. The fraction of sp³-hybridized carbons (Fsp3) is 0.500. The third-order valence-corrected chi connectivity index (χ3v) is 3.65. The lowest BCUT2D eigenvalue weighted by Gasteiger charge is -2.36. The standard InChI is InChI=1S/C12H17BrN2/c1-14-8-11-5-3-9-7-10(13)4-6-12(9)15(11)2/h4,6-7,11,14H,3,5,8H2,1-2H3. The molecule has 1 N–H and O–H groups in total. The van der Waals surface area contributed by atoms with Crippen LogP contribution in [0.2, 0.25) is 0 Å². The highest BCUT2D eigenvalue weighted by Crippen LogP contribution is 2.31. The smallest absolute Gasteiger partial charge is 0.0414 e. The maximum absolute atomic E-state index is 3.53. The van der Waals surface area contributed by atoms with Gasteiger partial charge in [0.15, 0.2) is 0 Å². The Morgan fingerprint density at radius 1 is 1.53 bits per heavy atom. The molecular formula is C12H17BrN2. The average molecular weight is 269 g/mol. The molecule has 1 aromatic carbocycles. The van der Waals surface area contributed by atoms with Gasteiger partial charge in [0.1, 0.15) is 0 Å². The molecule has 1 aliphatic rings. The van der Waals surface area contributed by atoms with Crippen LogP contribution < -0.4 is 10.2 Å². The number of aryl methyl sites for hydroxylation is 1. The second-order valence-corrected chi connectivity index (χ2v) is 5.05. The molecule has 3 heteroatoms. The Bertz CT molecular complexity index is 351. The van der Waals surface area contributed by atoms with Crippen LogP contribution in [0.1, 0.15) is 12.0 Å². The summed E-state index contributed by atoms with van der Waals surface area (Å²) in [6, 6.07) is 7.20. The van der Waals surface area contributed by atoms with Gasteiger partial charge in [0.2, 0.25) is 0 Å². The van der Waals surface area contributed by atoms with Crippen LogP contribution in [0.5, 0.6) is 0 Å². The van der Waals surface area contributed by atoms with Gasteiger partial charge in [-0.2, -0.15) is 0 Å². The normalized spacial score (nSPS) is 20.2. The quantitative estimate of drug-likeness (QED) is 0.887. The van der Waals surface area contributed by atoms with E-state index in [0.717, 1.165) is 6.54 Å². The summed E-state index contributed by atoms with van der Waals surface area (Å²) < 4.78 is 1.18. The first-order valence-corrected chi connectivity index (χ1v) is 6.17. The fourth-order valence-electron chi connectivity index (χ4n) is 2.29. The van der Waals surface area contributed by atoms with E-state index >= 15 is 0 Å². The molecule has 15 heavy (non-hydrogen) atoms. The SMILES string of the molecule is CNCC1CCc2cc(Br)ccc2N1C. The van der Waals surface area contributed by atoms with Crippen molar-refractivity contribution in [2.75, 3.05) is 25.5 Å². The summed E-state index contributed by atoms with van der Waals surface area (Å²) >= 11 is 3.53. The van der Waals surface area contributed by atoms with Crippen LogP contribution in [0.4, 0.5) is 5.69 Å². The van der Waals surface area contributed by atoms with Gasteiger partial charge in [-0.25, -0.2) is 0 Å². The average Bonchev–Trinajstić information content (AvgIpc) is 2.22. The van der Waals surface area contributed by atoms with Crippen LogP contribution in [0.25, 0.3) is 0 Å². The van der Waals surface area contributed by atoms with Crippen LogP contribution in [0, 0.1) is 0 Å². The molecule has 0 bridgehead atoms. The highest BCUT2D eigenvalue weighted by atomic mass is 79.9. The summed E-state index contributed by atoms with van der Waals surface area (Å²) in [5.74, 6) is 0. The highest BCUT2D eigenvalue weighted by Gasteiger charge is 2.22. The number of fused-ring (bicyclic) bond motifs is 1. The van der Waals surface area contributed by atoms with Crippen molar-refractivity contribution in [1.29, 1.82) is 0 Å². The van der Waals surface area contributed by atoms with Crippen molar-refractivity contribution >= 4 is 21.6 Å². The molecule has 0 radical (unpaired) electrons. The zero-order valence-corrected chi connectivity index (χ0v) is 10.8. The zero-order valence-electron chi connectivity index (χ0n) is 9.26. The first-order chi connectivity index (χ1) is 7.22. The monoisotopic (exact) mass is 268 g/mol. The summed E-state index contributed by atoms with van der Waals surface area (Å²) in [5, 5.41) is 3.26.